The van der Waals surface area contributed by atoms with E-state index in [0.29, 0.717) is 5.56 Å². The molecule has 108 valence electrons. The molecule has 0 aromatic heterocycles. The minimum absolute atomic E-state index is 0.00643. The molecular formula is C14H11ClN2O3S. The lowest BCUT2D eigenvalue weighted by molar-refractivity contribution is 0.471. The number of aromatic hydroxyl groups is 1. The fraction of sp³-hybridized carbons (Fsp3) is 0.0714. The summed E-state index contributed by atoms with van der Waals surface area (Å²) in [6, 6.07) is 10.1. The van der Waals surface area contributed by atoms with Gasteiger partial charge in [0.2, 0.25) is 0 Å². The topological polar surface area (TPSA) is 90.2 Å². The van der Waals surface area contributed by atoms with Crippen LogP contribution in [0.1, 0.15) is 11.1 Å². The zero-order chi connectivity index (χ0) is 15.6. The molecule has 0 fully saturated rings. The minimum Gasteiger partial charge on any atom is -0.508 e. The Kier molecular flexibility index (Phi) is 4.07. The molecule has 2 aromatic carbocycles. The fourth-order valence-corrected chi connectivity index (χ4v) is 3.00. The van der Waals surface area contributed by atoms with Gasteiger partial charge in [0, 0.05) is 6.07 Å². The molecule has 2 aromatic rings. The van der Waals surface area contributed by atoms with E-state index in [1.807, 2.05) is 6.07 Å². The van der Waals surface area contributed by atoms with Gasteiger partial charge in [-0.15, -0.1) is 0 Å². The fourth-order valence-electron chi connectivity index (χ4n) is 1.64. The van der Waals surface area contributed by atoms with Crippen molar-refractivity contribution in [1.82, 2.24) is 0 Å². The Bertz CT molecular complexity index is 842. The van der Waals surface area contributed by atoms with Crippen LogP contribution in [-0.4, -0.2) is 13.5 Å². The number of nitriles is 1. The summed E-state index contributed by atoms with van der Waals surface area (Å²) >= 11 is 5.83. The molecule has 2 N–H and O–H groups in total. The quantitative estimate of drug-likeness (QED) is 0.908. The highest BCUT2D eigenvalue weighted by molar-refractivity contribution is 7.92. The Labute approximate surface area is 127 Å². The second-order valence-corrected chi connectivity index (χ2v) is 6.45. The minimum atomic E-state index is -3.85. The number of phenolic OH excluding ortho intramolecular Hbond substituents is 1. The molecule has 0 unspecified atom stereocenters. The van der Waals surface area contributed by atoms with E-state index >= 15 is 0 Å². The maximum absolute atomic E-state index is 12.2. The molecule has 0 radical (unpaired) electrons. The van der Waals surface area contributed by atoms with Gasteiger partial charge < -0.3 is 5.11 Å². The van der Waals surface area contributed by atoms with Crippen molar-refractivity contribution >= 4 is 27.3 Å². The van der Waals surface area contributed by atoms with Crippen LogP contribution in [-0.2, 0) is 10.0 Å². The van der Waals surface area contributed by atoms with Gasteiger partial charge >= 0.3 is 0 Å². The summed E-state index contributed by atoms with van der Waals surface area (Å²) in [7, 11) is -3.85. The van der Waals surface area contributed by atoms with Gasteiger partial charge in [-0.05, 0) is 36.8 Å². The Morgan fingerprint density at radius 3 is 2.52 bits per heavy atom. The first-order chi connectivity index (χ1) is 9.83. The lowest BCUT2D eigenvalue weighted by atomic mass is 10.2. The molecule has 0 saturated heterocycles. The van der Waals surface area contributed by atoms with Crippen molar-refractivity contribution in [3.8, 4) is 11.8 Å². The Hall–Kier alpha value is -2.23. The SMILES string of the molecule is Cc1ccc(NS(=O)(=O)c2ccc(C#N)c(Cl)c2)cc1O. The molecule has 0 saturated carbocycles. The Morgan fingerprint density at radius 2 is 1.95 bits per heavy atom. The van der Waals surface area contributed by atoms with Crippen LogP contribution in [0, 0.1) is 18.3 Å². The van der Waals surface area contributed by atoms with Crippen molar-refractivity contribution in [2.45, 2.75) is 11.8 Å². The molecule has 21 heavy (non-hydrogen) atoms. The maximum Gasteiger partial charge on any atom is 0.261 e. The van der Waals surface area contributed by atoms with Crippen molar-refractivity contribution < 1.29 is 13.5 Å². The summed E-state index contributed by atoms with van der Waals surface area (Å²) < 4.78 is 26.8. The van der Waals surface area contributed by atoms with Crippen LogP contribution < -0.4 is 4.72 Å². The smallest absolute Gasteiger partial charge is 0.261 e. The zero-order valence-electron chi connectivity index (χ0n) is 11.0. The van der Waals surface area contributed by atoms with Crippen LogP contribution >= 0.6 is 11.6 Å². The number of benzene rings is 2. The summed E-state index contributed by atoms with van der Waals surface area (Å²) in [4.78, 5) is -0.0634. The standard InChI is InChI=1S/C14H11ClN2O3S/c1-9-2-4-11(6-14(9)18)17-21(19,20)12-5-3-10(8-16)13(15)7-12/h2-7,17-18H,1H3. The Morgan fingerprint density at radius 1 is 1.24 bits per heavy atom. The summed E-state index contributed by atoms with van der Waals surface area (Å²) in [5, 5.41) is 18.4. The first kappa shape index (κ1) is 15.2. The van der Waals surface area contributed by atoms with Crippen molar-refractivity contribution in [3.63, 3.8) is 0 Å². The maximum atomic E-state index is 12.2. The van der Waals surface area contributed by atoms with Gasteiger partial charge in [0.1, 0.15) is 11.8 Å². The summed E-state index contributed by atoms with van der Waals surface area (Å²) in [6.07, 6.45) is 0. The third-order valence-corrected chi connectivity index (χ3v) is 4.52. The van der Waals surface area contributed by atoms with Crippen LogP contribution in [0.5, 0.6) is 5.75 Å². The van der Waals surface area contributed by atoms with Crippen molar-refractivity contribution in [2.24, 2.45) is 0 Å². The number of aryl methyl sites for hydroxylation is 1. The Balaban J connectivity index is 2.36. The first-order valence-corrected chi connectivity index (χ1v) is 7.71. The van der Waals surface area contributed by atoms with Gasteiger partial charge in [0.15, 0.2) is 0 Å². The number of nitrogens with zero attached hydrogens (tertiary/aromatic N) is 1. The molecule has 0 bridgehead atoms. The van der Waals surface area contributed by atoms with Gasteiger partial charge in [0.05, 0.1) is 21.2 Å². The predicted octanol–water partition coefficient (Wildman–Crippen LogP) is 3.03. The van der Waals surface area contributed by atoms with Gasteiger partial charge in [-0.25, -0.2) is 8.42 Å². The molecule has 2 rings (SSSR count). The molecule has 5 nitrogen and oxygen atoms in total. The van der Waals surface area contributed by atoms with Gasteiger partial charge in [0.25, 0.3) is 10.0 Å². The monoisotopic (exact) mass is 322 g/mol. The van der Waals surface area contributed by atoms with Crippen LogP contribution in [0.15, 0.2) is 41.3 Å². The average Bonchev–Trinajstić information content (AvgIpc) is 2.42. The summed E-state index contributed by atoms with van der Waals surface area (Å²) in [5.41, 5.74) is 1.07. The number of hydrogen-bond acceptors (Lipinski definition) is 4. The largest absolute Gasteiger partial charge is 0.508 e. The van der Waals surface area contributed by atoms with Gasteiger partial charge in [-0.2, -0.15) is 5.26 Å². The second-order valence-electron chi connectivity index (χ2n) is 4.36. The van der Waals surface area contributed by atoms with Crippen LogP contribution in [0.2, 0.25) is 5.02 Å². The number of sulfonamides is 1. The summed E-state index contributed by atoms with van der Waals surface area (Å²) in [6.45, 7) is 1.70. The number of anilines is 1. The normalized spacial score (nSPS) is 10.9. The zero-order valence-corrected chi connectivity index (χ0v) is 12.5. The van der Waals surface area contributed by atoms with E-state index in [2.05, 4.69) is 4.72 Å². The third kappa shape index (κ3) is 3.27. The molecule has 7 heteroatoms. The molecule has 0 heterocycles. The number of halogens is 1. The number of rotatable bonds is 3. The van der Waals surface area contributed by atoms with Crippen molar-refractivity contribution in [3.05, 3.63) is 52.5 Å². The van der Waals surface area contributed by atoms with E-state index in [-0.39, 0.29) is 26.9 Å². The highest BCUT2D eigenvalue weighted by Crippen LogP contribution is 2.25. The predicted molar refractivity (Wildman–Crippen MR) is 79.8 cm³/mol. The number of phenols is 1. The van der Waals surface area contributed by atoms with E-state index < -0.39 is 10.0 Å². The highest BCUT2D eigenvalue weighted by atomic mass is 35.5. The molecule has 0 aliphatic rings. The molecule has 0 spiro atoms. The van der Waals surface area contributed by atoms with Gasteiger partial charge in [-0.3, -0.25) is 4.72 Å². The van der Waals surface area contributed by atoms with E-state index in [4.69, 9.17) is 16.9 Å². The summed E-state index contributed by atoms with van der Waals surface area (Å²) in [5.74, 6) is -0.00643. The highest BCUT2D eigenvalue weighted by Gasteiger charge is 2.16. The lowest BCUT2D eigenvalue weighted by Crippen LogP contribution is -2.13. The average molecular weight is 323 g/mol. The van der Waals surface area contributed by atoms with Crippen LogP contribution in [0.4, 0.5) is 5.69 Å². The molecular weight excluding hydrogens is 312 g/mol. The van der Waals surface area contributed by atoms with Crippen LogP contribution in [0.3, 0.4) is 0 Å². The van der Waals surface area contributed by atoms with E-state index in [9.17, 15) is 13.5 Å². The van der Waals surface area contributed by atoms with Crippen LogP contribution in [0.25, 0.3) is 0 Å². The molecule has 0 aliphatic heterocycles. The van der Waals surface area contributed by atoms with Crippen molar-refractivity contribution in [2.75, 3.05) is 4.72 Å². The van der Waals surface area contributed by atoms with E-state index in [0.717, 1.165) is 0 Å². The van der Waals surface area contributed by atoms with E-state index in [1.54, 1.807) is 13.0 Å². The second kappa shape index (κ2) is 5.64. The van der Waals surface area contributed by atoms with E-state index in [1.165, 1.54) is 30.3 Å². The first-order valence-electron chi connectivity index (χ1n) is 5.85. The van der Waals surface area contributed by atoms with Crippen molar-refractivity contribution in [1.29, 1.82) is 5.26 Å². The lowest BCUT2D eigenvalue weighted by Gasteiger charge is -2.10. The molecule has 0 aliphatic carbocycles. The molecule has 0 amide bonds. The number of nitrogens with one attached hydrogen (secondary N) is 1. The van der Waals surface area contributed by atoms with Gasteiger partial charge in [-0.1, -0.05) is 17.7 Å². The molecule has 0 atom stereocenters. The third-order valence-electron chi connectivity index (χ3n) is 2.83. The number of hydrogen-bond donors (Lipinski definition) is 2.